The normalized spacial score (nSPS) is 18.9. The maximum absolute atomic E-state index is 11.4. The van der Waals surface area contributed by atoms with E-state index in [-0.39, 0.29) is 17.6 Å². The Labute approximate surface area is 120 Å². The highest BCUT2D eigenvalue weighted by molar-refractivity contribution is 5.78. The van der Waals surface area contributed by atoms with Crippen molar-refractivity contribution in [3.63, 3.8) is 0 Å². The first kappa shape index (κ1) is 13.3. The van der Waals surface area contributed by atoms with E-state index >= 15 is 0 Å². The molecule has 1 atom stereocenters. The molecule has 8 heteroatoms. The Morgan fingerprint density at radius 2 is 2.29 bits per heavy atom. The lowest BCUT2D eigenvalue weighted by Crippen LogP contribution is -2.41. The van der Waals surface area contributed by atoms with Crippen molar-refractivity contribution in [3.05, 3.63) is 34.5 Å². The van der Waals surface area contributed by atoms with E-state index in [0.717, 1.165) is 6.42 Å². The van der Waals surface area contributed by atoms with Crippen molar-refractivity contribution >= 4 is 23.2 Å². The van der Waals surface area contributed by atoms with Crippen molar-refractivity contribution in [3.8, 4) is 0 Å². The molecule has 2 aromatic heterocycles. The lowest BCUT2D eigenvalue weighted by molar-refractivity contribution is -0.389. The van der Waals surface area contributed by atoms with Gasteiger partial charge < -0.3 is 20.7 Å². The maximum Gasteiger partial charge on any atom is 0.372 e. The zero-order chi connectivity index (χ0) is 15.0. The van der Waals surface area contributed by atoms with E-state index in [1.54, 1.807) is 29.3 Å². The number of imidazole rings is 1. The number of rotatable bonds is 3. The molecule has 2 aromatic rings. The van der Waals surface area contributed by atoms with Crippen molar-refractivity contribution in [1.29, 1.82) is 0 Å². The number of primary amides is 1. The fourth-order valence-corrected chi connectivity index (χ4v) is 2.75. The molecular weight excluding hydrogens is 274 g/mol. The fraction of sp³-hybridized carbons (Fsp3) is 0.385. The van der Waals surface area contributed by atoms with Crippen LogP contribution in [0.4, 0.5) is 11.6 Å². The highest BCUT2D eigenvalue weighted by atomic mass is 16.6. The summed E-state index contributed by atoms with van der Waals surface area (Å²) in [6, 6.07) is 5.21. The molecule has 1 amide bonds. The Morgan fingerprint density at radius 3 is 3.00 bits per heavy atom. The summed E-state index contributed by atoms with van der Waals surface area (Å²) < 4.78 is 1.45. The molecule has 21 heavy (non-hydrogen) atoms. The van der Waals surface area contributed by atoms with Crippen LogP contribution in [-0.2, 0) is 4.79 Å². The number of carbonyl (C=O) groups excluding carboxylic acids is 1. The lowest BCUT2D eigenvalue weighted by atomic mass is 9.97. The van der Waals surface area contributed by atoms with E-state index in [2.05, 4.69) is 4.98 Å². The molecule has 8 nitrogen and oxygen atoms in total. The summed E-state index contributed by atoms with van der Waals surface area (Å²) in [5.41, 5.74) is 5.87. The number of nitro groups is 1. The topological polar surface area (TPSA) is 107 Å². The van der Waals surface area contributed by atoms with E-state index < -0.39 is 4.92 Å². The third-order valence-corrected chi connectivity index (χ3v) is 3.78. The zero-order valence-corrected chi connectivity index (χ0v) is 11.3. The summed E-state index contributed by atoms with van der Waals surface area (Å²) in [5.74, 6) is -0.429. The SMILES string of the molecule is NC(=O)C1CCCN(c2nc3ccccn3c2[N+](=O)[O-])C1. The third kappa shape index (κ3) is 2.28. The Balaban J connectivity index is 2.05. The number of nitrogens with two attached hydrogens (primary N) is 1. The van der Waals surface area contributed by atoms with Crippen molar-refractivity contribution in [2.75, 3.05) is 18.0 Å². The van der Waals surface area contributed by atoms with Crippen LogP contribution in [0, 0.1) is 16.0 Å². The van der Waals surface area contributed by atoms with E-state index in [1.807, 2.05) is 0 Å². The number of anilines is 1. The van der Waals surface area contributed by atoms with E-state index in [9.17, 15) is 14.9 Å². The molecule has 1 aliphatic rings. The zero-order valence-electron chi connectivity index (χ0n) is 11.3. The minimum atomic E-state index is -0.441. The molecule has 0 radical (unpaired) electrons. The molecule has 1 saturated heterocycles. The number of aromatic nitrogens is 2. The molecule has 3 heterocycles. The van der Waals surface area contributed by atoms with Gasteiger partial charge in [-0.25, -0.2) is 0 Å². The van der Waals surface area contributed by atoms with Crippen molar-refractivity contribution in [2.45, 2.75) is 12.8 Å². The quantitative estimate of drug-likeness (QED) is 0.668. The van der Waals surface area contributed by atoms with E-state index in [1.165, 1.54) is 4.40 Å². The van der Waals surface area contributed by atoms with Gasteiger partial charge in [0, 0.05) is 19.2 Å². The van der Waals surface area contributed by atoms with Gasteiger partial charge in [-0.05, 0) is 23.8 Å². The summed E-state index contributed by atoms with van der Waals surface area (Å²) in [5, 5.41) is 11.4. The first-order valence-electron chi connectivity index (χ1n) is 6.73. The number of pyridine rings is 1. The summed E-state index contributed by atoms with van der Waals surface area (Å²) in [4.78, 5) is 28.4. The molecule has 1 unspecified atom stereocenters. The van der Waals surface area contributed by atoms with E-state index in [4.69, 9.17) is 5.73 Å². The van der Waals surface area contributed by atoms with Gasteiger partial charge >= 0.3 is 5.82 Å². The first-order chi connectivity index (χ1) is 10.1. The molecule has 110 valence electrons. The van der Waals surface area contributed by atoms with Gasteiger partial charge in [-0.3, -0.25) is 4.79 Å². The minimum absolute atomic E-state index is 0.0734. The second-order valence-corrected chi connectivity index (χ2v) is 5.13. The van der Waals surface area contributed by atoms with Crippen molar-refractivity contribution < 1.29 is 9.72 Å². The summed E-state index contributed by atoms with van der Waals surface area (Å²) >= 11 is 0. The van der Waals surface area contributed by atoms with Gasteiger partial charge in [0.15, 0.2) is 0 Å². The van der Waals surface area contributed by atoms with Gasteiger partial charge in [-0.1, -0.05) is 6.07 Å². The van der Waals surface area contributed by atoms with Crippen LogP contribution in [0.5, 0.6) is 0 Å². The average molecular weight is 289 g/mol. The van der Waals surface area contributed by atoms with Gasteiger partial charge in [-0.2, -0.15) is 9.38 Å². The molecule has 0 aromatic carbocycles. The van der Waals surface area contributed by atoms with Crippen LogP contribution in [-0.4, -0.2) is 33.3 Å². The number of hydrogen-bond donors (Lipinski definition) is 1. The second-order valence-electron chi connectivity index (χ2n) is 5.13. The molecule has 3 rings (SSSR count). The smallest absolute Gasteiger partial charge is 0.369 e. The van der Waals surface area contributed by atoms with E-state index in [0.29, 0.717) is 31.0 Å². The predicted molar refractivity (Wildman–Crippen MR) is 76.0 cm³/mol. The molecule has 1 aliphatic heterocycles. The van der Waals surface area contributed by atoms with Crippen molar-refractivity contribution in [1.82, 2.24) is 9.38 Å². The van der Waals surface area contributed by atoms with Crippen LogP contribution in [0.3, 0.4) is 0 Å². The molecule has 1 fully saturated rings. The molecule has 0 bridgehead atoms. The van der Waals surface area contributed by atoms with Gasteiger partial charge in [-0.15, -0.1) is 0 Å². The first-order valence-corrected chi connectivity index (χ1v) is 6.73. The second kappa shape index (κ2) is 5.04. The predicted octanol–water partition coefficient (Wildman–Crippen LogP) is 0.944. The number of piperidine rings is 1. The van der Waals surface area contributed by atoms with Gasteiger partial charge in [0.25, 0.3) is 0 Å². The highest BCUT2D eigenvalue weighted by Crippen LogP contribution is 2.31. The Bertz CT molecular complexity index is 711. The number of fused-ring (bicyclic) bond motifs is 1. The van der Waals surface area contributed by atoms with Crippen LogP contribution in [0.15, 0.2) is 24.4 Å². The minimum Gasteiger partial charge on any atom is -0.369 e. The van der Waals surface area contributed by atoms with Crippen LogP contribution < -0.4 is 10.6 Å². The maximum atomic E-state index is 11.4. The number of hydrogen-bond acceptors (Lipinski definition) is 5. The highest BCUT2D eigenvalue weighted by Gasteiger charge is 2.31. The Morgan fingerprint density at radius 1 is 1.48 bits per heavy atom. The standard InChI is InChI=1S/C13H15N5O3/c14-11(19)9-4-3-6-16(8-9)12-13(18(20)21)17-7-2-1-5-10(17)15-12/h1-2,5,7,9H,3-4,6,8H2,(H2,14,19). The summed E-state index contributed by atoms with van der Waals surface area (Å²) in [6.45, 7) is 1.01. The van der Waals surface area contributed by atoms with Crippen LogP contribution >= 0.6 is 0 Å². The van der Waals surface area contributed by atoms with Gasteiger partial charge in [0.2, 0.25) is 17.4 Å². The largest absolute Gasteiger partial charge is 0.372 e. The third-order valence-electron chi connectivity index (χ3n) is 3.78. The van der Waals surface area contributed by atoms with Gasteiger partial charge in [0.05, 0.1) is 12.1 Å². The Hall–Kier alpha value is -2.64. The summed E-state index contributed by atoms with van der Waals surface area (Å²) in [6.07, 6.45) is 3.09. The number of nitrogens with zero attached hydrogens (tertiary/aromatic N) is 4. The van der Waals surface area contributed by atoms with Gasteiger partial charge in [0.1, 0.15) is 0 Å². The van der Waals surface area contributed by atoms with Crippen LogP contribution in [0.2, 0.25) is 0 Å². The van der Waals surface area contributed by atoms with Crippen molar-refractivity contribution in [2.24, 2.45) is 11.7 Å². The summed E-state index contributed by atoms with van der Waals surface area (Å²) in [7, 11) is 0. The molecule has 0 saturated carbocycles. The molecule has 0 aliphatic carbocycles. The monoisotopic (exact) mass is 289 g/mol. The van der Waals surface area contributed by atoms with Crippen LogP contribution in [0.25, 0.3) is 5.65 Å². The molecule has 2 N–H and O–H groups in total. The number of amides is 1. The fourth-order valence-electron chi connectivity index (χ4n) is 2.75. The molecule has 0 spiro atoms. The Kier molecular flexibility index (Phi) is 3.20. The lowest BCUT2D eigenvalue weighted by Gasteiger charge is -2.30. The molecular formula is C13H15N5O3. The number of carbonyl (C=O) groups is 1. The average Bonchev–Trinajstić information content (AvgIpc) is 2.87. The van der Waals surface area contributed by atoms with Crippen LogP contribution in [0.1, 0.15) is 12.8 Å².